The van der Waals surface area contributed by atoms with Crippen LogP contribution in [-0.2, 0) is 6.54 Å². The molecule has 0 spiro atoms. The number of nitrogen functional groups attached to an aromatic ring is 1. The Morgan fingerprint density at radius 3 is 2.76 bits per heavy atom. The van der Waals surface area contributed by atoms with E-state index >= 15 is 0 Å². The van der Waals surface area contributed by atoms with Gasteiger partial charge in [-0.05, 0) is 24.6 Å². The zero-order valence-electron chi connectivity index (χ0n) is 18.0. The standard InChI is InChI=1S/C23H23FN6O3/c1-2-8-26-22(31)19-20(25)16-5-3-4-15(21(16)29-23(19)32)17-11-14(6-7-18(17)24)33-10-9-30-12-27-28-13-30/h3-7,11-13H,2,8-10H2,1H3,(H,26,31)(H3,25,29,32). The number of para-hydroxylation sites is 1. The van der Waals surface area contributed by atoms with Crippen molar-refractivity contribution in [1.82, 2.24) is 25.1 Å². The van der Waals surface area contributed by atoms with Crippen molar-refractivity contribution < 1.29 is 13.9 Å². The first-order valence-electron chi connectivity index (χ1n) is 10.5. The van der Waals surface area contributed by atoms with Gasteiger partial charge in [0.05, 0.1) is 17.7 Å². The van der Waals surface area contributed by atoms with Crippen molar-refractivity contribution in [1.29, 1.82) is 0 Å². The number of nitrogens with one attached hydrogen (secondary N) is 2. The number of nitrogens with zero attached hydrogens (tertiary/aromatic N) is 3. The number of halogens is 1. The lowest BCUT2D eigenvalue weighted by molar-refractivity contribution is 0.0953. The van der Waals surface area contributed by atoms with Crippen LogP contribution in [0.4, 0.5) is 10.1 Å². The summed E-state index contributed by atoms with van der Waals surface area (Å²) in [6.07, 6.45) is 3.87. The fourth-order valence-electron chi connectivity index (χ4n) is 3.53. The highest BCUT2D eigenvalue weighted by atomic mass is 19.1. The molecule has 0 aliphatic heterocycles. The Balaban J connectivity index is 1.71. The molecule has 0 unspecified atom stereocenters. The van der Waals surface area contributed by atoms with Crippen LogP contribution >= 0.6 is 0 Å². The summed E-state index contributed by atoms with van der Waals surface area (Å²) in [6.45, 7) is 3.19. The third-order valence-corrected chi connectivity index (χ3v) is 5.16. The van der Waals surface area contributed by atoms with Gasteiger partial charge < -0.3 is 25.3 Å². The molecule has 33 heavy (non-hydrogen) atoms. The number of nitrogens with two attached hydrogens (primary N) is 1. The van der Waals surface area contributed by atoms with Crippen molar-refractivity contribution in [3.63, 3.8) is 0 Å². The van der Waals surface area contributed by atoms with Gasteiger partial charge in [-0.1, -0.05) is 25.1 Å². The molecule has 0 radical (unpaired) electrons. The number of anilines is 1. The predicted octanol–water partition coefficient (Wildman–Crippen LogP) is 2.73. The number of pyridine rings is 1. The molecule has 0 bridgehead atoms. The Kier molecular flexibility index (Phi) is 6.34. The Bertz CT molecular complexity index is 1350. The second-order valence-electron chi connectivity index (χ2n) is 7.42. The Labute approximate surface area is 188 Å². The molecule has 4 aromatic rings. The van der Waals surface area contributed by atoms with Crippen molar-refractivity contribution in [2.75, 3.05) is 18.9 Å². The summed E-state index contributed by atoms with van der Waals surface area (Å²) in [6, 6.07) is 9.44. The molecule has 0 saturated heterocycles. The Hall–Kier alpha value is -4.21. The van der Waals surface area contributed by atoms with Gasteiger partial charge in [-0.3, -0.25) is 9.59 Å². The molecule has 1 amide bonds. The lowest BCUT2D eigenvalue weighted by Gasteiger charge is -2.14. The van der Waals surface area contributed by atoms with Crippen LogP contribution in [0.2, 0.25) is 0 Å². The van der Waals surface area contributed by atoms with Gasteiger partial charge in [0.2, 0.25) is 0 Å². The van der Waals surface area contributed by atoms with Crippen LogP contribution in [0.5, 0.6) is 5.75 Å². The fraction of sp³-hybridized carbons (Fsp3) is 0.217. The third-order valence-electron chi connectivity index (χ3n) is 5.16. The van der Waals surface area contributed by atoms with E-state index in [4.69, 9.17) is 10.5 Å². The van der Waals surface area contributed by atoms with Gasteiger partial charge in [0, 0.05) is 23.1 Å². The summed E-state index contributed by atoms with van der Waals surface area (Å²) in [5, 5.41) is 10.6. The van der Waals surface area contributed by atoms with Gasteiger partial charge in [-0.15, -0.1) is 10.2 Å². The van der Waals surface area contributed by atoms with Crippen molar-refractivity contribution in [2.45, 2.75) is 19.9 Å². The number of ether oxygens (including phenoxy) is 1. The third kappa shape index (κ3) is 4.54. The zero-order valence-corrected chi connectivity index (χ0v) is 18.0. The highest BCUT2D eigenvalue weighted by Crippen LogP contribution is 2.33. The van der Waals surface area contributed by atoms with Crippen LogP contribution in [-0.4, -0.2) is 38.8 Å². The molecule has 0 aliphatic carbocycles. The highest BCUT2D eigenvalue weighted by molar-refractivity contribution is 6.08. The van der Waals surface area contributed by atoms with Gasteiger partial charge >= 0.3 is 0 Å². The van der Waals surface area contributed by atoms with E-state index in [1.54, 1.807) is 41.5 Å². The summed E-state index contributed by atoms with van der Waals surface area (Å²) in [7, 11) is 0. The number of hydrogen-bond donors (Lipinski definition) is 3. The quantitative estimate of drug-likeness (QED) is 0.379. The number of rotatable bonds is 8. The monoisotopic (exact) mass is 450 g/mol. The number of amides is 1. The van der Waals surface area contributed by atoms with Crippen molar-refractivity contribution in [2.24, 2.45) is 0 Å². The number of benzene rings is 2. The summed E-state index contributed by atoms with van der Waals surface area (Å²) in [5.74, 6) is -0.572. The molecule has 2 aromatic heterocycles. The minimum absolute atomic E-state index is 0.0472. The van der Waals surface area contributed by atoms with E-state index in [0.29, 0.717) is 41.9 Å². The minimum atomic E-state index is -0.636. The lowest BCUT2D eigenvalue weighted by atomic mass is 9.99. The van der Waals surface area contributed by atoms with Crippen LogP contribution in [0.3, 0.4) is 0 Å². The number of aromatic nitrogens is 4. The average molecular weight is 450 g/mol. The Morgan fingerprint density at radius 2 is 2.00 bits per heavy atom. The molecule has 0 saturated carbocycles. The highest BCUT2D eigenvalue weighted by Gasteiger charge is 2.20. The second kappa shape index (κ2) is 9.51. The molecule has 2 heterocycles. The van der Waals surface area contributed by atoms with Gasteiger partial charge in [-0.2, -0.15) is 0 Å². The number of hydrogen-bond acceptors (Lipinski definition) is 6. The first-order valence-corrected chi connectivity index (χ1v) is 10.5. The number of aromatic amines is 1. The molecular weight excluding hydrogens is 427 g/mol. The van der Waals surface area contributed by atoms with E-state index < -0.39 is 17.3 Å². The van der Waals surface area contributed by atoms with Gasteiger partial charge in [0.1, 0.15) is 36.4 Å². The Morgan fingerprint density at radius 1 is 1.21 bits per heavy atom. The van der Waals surface area contributed by atoms with E-state index in [9.17, 15) is 14.0 Å². The van der Waals surface area contributed by atoms with Gasteiger partial charge in [0.15, 0.2) is 0 Å². The molecule has 10 heteroatoms. The zero-order chi connectivity index (χ0) is 23.4. The maximum Gasteiger partial charge on any atom is 0.263 e. The van der Waals surface area contributed by atoms with Crippen LogP contribution in [0.1, 0.15) is 23.7 Å². The maximum atomic E-state index is 14.8. The molecule has 170 valence electrons. The topological polar surface area (TPSA) is 128 Å². The van der Waals surface area contributed by atoms with Gasteiger partial charge in [0.25, 0.3) is 11.5 Å². The molecule has 0 atom stereocenters. The number of fused-ring (bicyclic) bond motifs is 1. The summed E-state index contributed by atoms with van der Waals surface area (Å²) >= 11 is 0. The van der Waals surface area contributed by atoms with Crippen LogP contribution < -0.4 is 21.3 Å². The van der Waals surface area contributed by atoms with Crippen molar-refractivity contribution in [3.05, 3.63) is 70.8 Å². The van der Waals surface area contributed by atoms with E-state index in [2.05, 4.69) is 20.5 Å². The van der Waals surface area contributed by atoms with Crippen LogP contribution in [0.25, 0.3) is 22.0 Å². The molecule has 0 fully saturated rings. The smallest absolute Gasteiger partial charge is 0.263 e. The SMILES string of the molecule is CCCNC(=O)c1c(N)c2cccc(-c3cc(OCCn4cnnc4)ccc3F)c2[nH]c1=O. The molecule has 4 N–H and O–H groups in total. The second-order valence-corrected chi connectivity index (χ2v) is 7.42. The molecule has 9 nitrogen and oxygen atoms in total. The largest absolute Gasteiger partial charge is 0.492 e. The van der Waals surface area contributed by atoms with E-state index in [0.717, 1.165) is 6.42 Å². The fourth-order valence-corrected chi connectivity index (χ4v) is 3.53. The lowest BCUT2D eigenvalue weighted by Crippen LogP contribution is -2.31. The maximum absolute atomic E-state index is 14.8. The molecule has 4 rings (SSSR count). The average Bonchev–Trinajstić information content (AvgIpc) is 3.32. The van der Waals surface area contributed by atoms with Crippen LogP contribution in [0, 0.1) is 5.82 Å². The molecule has 0 aliphatic rings. The van der Waals surface area contributed by atoms with Crippen molar-refractivity contribution in [3.8, 4) is 16.9 Å². The van der Waals surface area contributed by atoms with Crippen molar-refractivity contribution >= 4 is 22.5 Å². The first kappa shape index (κ1) is 22.0. The van der Waals surface area contributed by atoms with Gasteiger partial charge in [-0.25, -0.2) is 4.39 Å². The summed E-state index contributed by atoms with van der Waals surface area (Å²) < 4.78 is 22.3. The van der Waals surface area contributed by atoms with E-state index in [1.165, 1.54) is 12.1 Å². The normalized spacial score (nSPS) is 11.0. The van der Waals surface area contributed by atoms with E-state index in [-0.39, 0.29) is 16.8 Å². The molecular formula is C23H23FN6O3. The number of carbonyl (C=O) groups excluding carboxylic acids is 1. The summed E-state index contributed by atoms with van der Waals surface area (Å²) in [4.78, 5) is 27.9. The first-order chi connectivity index (χ1) is 16.0. The summed E-state index contributed by atoms with van der Waals surface area (Å²) in [5.41, 5.74) is 6.47. The number of carbonyl (C=O) groups is 1. The minimum Gasteiger partial charge on any atom is -0.492 e. The predicted molar refractivity (Wildman–Crippen MR) is 123 cm³/mol. The van der Waals surface area contributed by atoms with Crippen LogP contribution in [0.15, 0.2) is 53.8 Å². The number of H-pyrrole nitrogens is 1. The van der Waals surface area contributed by atoms with E-state index in [1.807, 2.05) is 6.92 Å². The molecule has 2 aromatic carbocycles.